The lowest BCUT2D eigenvalue weighted by atomic mass is 9.71. The number of hydrazone groups is 1. The quantitative estimate of drug-likeness (QED) is 0.436. The van der Waals surface area contributed by atoms with Gasteiger partial charge in [-0.25, -0.2) is 0 Å². The van der Waals surface area contributed by atoms with Crippen LogP contribution in [0, 0.1) is 47.3 Å². The highest BCUT2D eigenvalue weighted by Gasteiger charge is 2.82. The summed E-state index contributed by atoms with van der Waals surface area (Å²) in [6.07, 6.45) is 1.46. The lowest BCUT2D eigenvalue weighted by molar-refractivity contribution is 0.132. The second kappa shape index (κ2) is 2.72. The van der Waals surface area contributed by atoms with Crippen LogP contribution in [-0.2, 0) is 0 Å². The van der Waals surface area contributed by atoms with Gasteiger partial charge in [-0.05, 0) is 54.1 Å². The molecule has 6 saturated carbocycles. The molecule has 17 heavy (non-hydrogen) atoms. The number of hydrogen-bond acceptors (Lipinski definition) is 2. The van der Waals surface area contributed by atoms with Crippen LogP contribution in [0.4, 0.5) is 0 Å². The Morgan fingerprint density at radius 3 is 2.71 bits per heavy atom. The normalized spacial score (nSPS) is 65.7. The minimum absolute atomic E-state index is 0.297. The van der Waals surface area contributed by atoms with Crippen molar-refractivity contribution in [3.8, 4) is 0 Å². The van der Waals surface area contributed by atoms with Gasteiger partial charge in [0.2, 0.25) is 0 Å². The van der Waals surface area contributed by atoms with Gasteiger partial charge in [-0.2, -0.15) is 5.10 Å². The molecule has 3 N–H and O–H groups in total. The average molecular weight is 312 g/mol. The fraction of sp³-hybridized carbons (Fsp3) is 0.833. The first-order valence-corrected chi connectivity index (χ1v) is 7.79. The Balaban J connectivity index is 1.62. The van der Waals surface area contributed by atoms with Crippen LogP contribution in [-0.4, -0.2) is 15.7 Å². The van der Waals surface area contributed by atoms with Crippen LogP contribution in [0.15, 0.2) is 5.10 Å². The summed E-state index contributed by atoms with van der Waals surface area (Å²) in [5, 5.41) is 4.85. The van der Waals surface area contributed by atoms with Gasteiger partial charge in [0.1, 0.15) is 0 Å². The van der Waals surface area contributed by atoms with Crippen molar-refractivity contribution in [1.29, 1.82) is 0 Å². The molecule has 0 radical (unpaired) electrons. The van der Waals surface area contributed by atoms with E-state index in [2.05, 4.69) is 26.5 Å². The van der Waals surface area contributed by atoms with E-state index in [-0.39, 0.29) is 0 Å². The molecule has 0 aromatic heterocycles. The first-order valence-electron chi connectivity index (χ1n) is 6.47. The summed E-state index contributed by atoms with van der Waals surface area (Å²) in [6, 6.07) is 0. The lowest BCUT2D eigenvalue weighted by Gasteiger charge is -2.32. The molecule has 9 atom stereocenters. The molecule has 0 unspecified atom stereocenters. The molecule has 0 aromatic carbocycles. The van der Waals surface area contributed by atoms with Crippen LogP contribution in [0.5, 0.6) is 0 Å². The summed E-state index contributed by atoms with van der Waals surface area (Å²) >= 11 is 8.82. The third kappa shape index (κ3) is 0.820. The predicted molar refractivity (Wildman–Crippen MR) is 72.6 cm³/mol. The third-order valence-corrected chi connectivity index (χ3v) is 7.65. The summed E-state index contributed by atoms with van der Waals surface area (Å²) < 4.78 is 0. The fourth-order valence-electron chi connectivity index (χ4n) is 6.49. The molecule has 0 spiro atoms. The van der Waals surface area contributed by atoms with Crippen molar-refractivity contribution in [3.63, 3.8) is 0 Å². The lowest BCUT2D eigenvalue weighted by Crippen LogP contribution is -2.30. The molecular weight excluding hydrogens is 298 g/mol. The first kappa shape index (κ1) is 9.73. The van der Waals surface area contributed by atoms with Crippen LogP contribution >= 0.6 is 28.1 Å². The topological polar surface area (TPSA) is 50.4 Å². The molecule has 6 aliphatic carbocycles. The number of alkyl halides is 1. The Kier molecular flexibility index (Phi) is 1.55. The SMILES string of the molecule is NC(=S)N/N=C1\[C@@H]2[C@@H]3C[C@@H]4[C@@H]5[C@@H](Br)[C@@H]([C@@H]1[C@@H]35)[C@@H]42. The molecule has 90 valence electrons. The van der Waals surface area contributed by atoms with Gasteiger partial charge in [-0.3, -0.25) is 5.43 Å². The van der Waals surface area contributed by atoms with Crippen molar-refractivity contribution < 1.29 is 0 Å². The van der Waals surface area contributed by atoms with Gasteiger partial charge >= 0.3 is 0 Å². The van der Waals surface area contributed by atoms with E-state index >= 15 is 0 Å². The zero-order valence-electron chi connectivity index (χ0n) is 9.21. The van der Waals surface area contributed by atoms with E-state index in [4.69, 9.17) is 18.0 Å². The molecule has 6 rings (SSSR count). The van der Waals surface area contributed by atoms with Crippen molar-refractivity contribution in [2.45, 2.75) is 11.2 Å². The van der Waals surface area contributed by atoms with Crippen LogP contribution in [0.1, 0.15) is 6.42 Å². The Morgan fingerprint density at radius 1 is 1.24 bits per heavy atom. The van der Waals surface area contributed by atoms with E-state index < -0.39 is 0 Å². The zero-order valence-corrected chi connectivity index (χ0v) is 11.6. The molecule has 0 amide bonds. The van der Waals surface area contributed by atoms with E-state index in [0.717, 1.165) is 52.2 Å². The van der Waals surface area contributed by atoms with E-state index in [0.29, 0.717) is 5.11 Å². The fourth-order valence-corrected chi connectivity index (χ4v) is 7.97. The zero-order chi connectivity index (χ0) is 11.5. The Bertz CT molecular complexity index is 476. The van der Waals surface area contributed by atoms with Gasteiger partial charge in [0.05, 0.1) is 0 Å². The minimum atomic E-state index is 0.297. The van der Waals surface area contributed by atoms with Gasteiger partial charge in [0, 0.05) is 22.4 Å². The second-order valence-electron chi connectivity index (χ2n) is 6.38. The highest BCUT2D eigenvalue weighted by molar-refractivity contribution is 9.09. The van der Waals surface area contributed by atoms with Gasteiger partial charge in [-0.15, -0.1) is 0 Å². The van der Waals surface area contributed by atoms with Gasteiger partial charge in [0.25, 0.3) is 0 Å². The van der Waals surface area contributed by atoms with Crippen molar-refractivity contribution in [2.75, 3.05) is 0 Å². The second-order valence-corrected chi connectivity index (χ2v) is 7.88. The van der Waals surface area contributed by atoms with Gasteiger partial charge in [-0.1, -0.05) is 15.9 Å². The molecule has 0 aliphatic heterocycles. The molecule has 0 saturated heterocycles. The summed E-state index contributed by atoms with van der Waals surface area (Å²) in [5.74, 6) is 7.11. The van der Waals surface area contributed by atoms with E-state index in [1.165, 1.54) is 12.1 Å². The van der Waals surface area contributed by atoms with Crippen molar-refractivity contribution in [1.82, 2.24) is 5.43 Å². The van der Waals surface area contributed by atoms with Crippen LogP contribution < -0.4 is 11.2 Å². The van der Waals surface area contributed by atoms with E-state index in [1.807, 2.05) is 0 Å². The molecule has 5 heteroatoms. The van der Waals surface area contributed by atoms with E-state index in [9.17, 15) is 0 Å². The summed E-state index contributed by atoms with van der Waals surface area (Å²) in [7, 11) is 0. The number of nitrogens with one attached hydrogen (secondary N) is 1. The Hall–Kier alpha value is -0.160. The van der Waals surface area contributed by atoms with Crippen molar-refractivity contribution in [2.24, 2.45) is 58.2 Å². The van der Waals surface area contributed by atoms with Crippen LogP contribution in [0.2, 0.25) is 0 Å². The summed E-state index contributed by atoms with van der Waals surface area (Å²) in [4.78, 5) is 0.764. The molecule has 3 nitrogen and oxygen atoms in total. The number of nitrogens with two attached hydrogens (primary N) is 1. The van der Waals surface area contributed by atoms with Gasteiger partial charge < -0.3 is 5.73 Å². The van der Waals surface area contributed by atoms with Gasteiger partial charge in [0.15, 0.2) is 5.11 Å². The number of halogens is 1. The Morgan fingerprint density at radius 2 is 2.00 bits per heavy atom. The van der Waals surface area contributed by atoms with Crippen LogP contribution in [0.3, 0.4) is 0 Å². The molecule has 6 aliphatic rings. The number of nitrogens with zero attached hydrogens (tertiary/aromatic N) is 1. The Labute approximate surface area is 114 Å². The maximum Gasteiger partial charge on any atom is 0.184 e. The molecule has 0 aromatic rings. The maximum absolute atomic E-state index is 5.49. The summed E-state index contributed by atoms with van der Waals surface area (Å²) in [6.45, 7) is 0. The summed E-state index contributed by atoms with van der Waals surface area (Å²) in [5.41, 5.74) is 9.73. The standard InChI is InChI=1S/C12H14BrN3S/c13-10-6-2-1-3-4(6)9-8(10)5(2)7(3)11(9)15-16-12(14)17/h2-10H,1H2,(H3,14,16,17)/b15-11+/t2-,3+,4-,5-,6-,7+,8+,9-,10+/m0/s1. The van der Waals surface area contributed by atoms with Crippen molar-refractivity contribution in [3.05, 3.63) is 0 Å². The predicted octanol–water partition coefficient (Wildman–Crippen LogP) is 1.33. The molecule has 0 heterocycles. The third-order valence-electron chi connectivity index (χ3n) is 6.34. The van der Waals surface area contributed by atoms with Crippen LogP contribution in [0.25, 0.3) is 0 Å². The molecule has 6 bridgehead atoms. The molecule has 6 fully saturated rings. The monoisotopic (exact) mass is 311 g/mol. The first-order chi connectivity index (χ1) is 8.20. The van der Waals surface area contributed by atoms with E-state index in [1.54, 1.807) is 0 Å². The largest absolute Gasteiger partial charge is 0.375 e. The smallest absolute Gasteiger partial charge is 0.184 e. The molecular formula is C12H14BrN3S. The minimum Gasteiger partial charge on any atom is -0.375 e. The van der Waals surface area contributed by atoms with Crippen molar-refractivity contribution >= 4 is 39.0 Å². The number of rotatable bonds is 1. The number of thiocarbonyl (C=S) groups is 1. The highest BCUT2D eigenvalue weighted by atomic mass is 79.9. The average Bonchev–Trinajstić information content (AvgIpc) is 2.97. The maximum atomic E-state index is 5.49. The number of hydrogen-bond donors (Lipinski definition) is 2. The highest BCUT2D eigenvalue weighted by Crippen LogP contribution is 2.82.